The van der Waals surface area contributed by atoms with Crippen molar-refractivity contribution in [1.29, 1.82) is 0 Å². The molecular formula is C9H12FNO. The van der Waals surface area contributed by atoms with Gasteiger partial charge >= 0.3 is 0 Å². The van der Waals surface area contributed by atoms with Gasteiger partial charge in [-0.25, -0.2) is 4.39 Å². The first-order valence-electron chi connectivity index (χ1n) is 3.84. The number of alkyl halides is 1. The molecule has 0 radical (unpaired) electrons. The summed E-state index contributed by atoms with van der Waals surface area (Å²) in [5, 5.41) is 9.04. The smallest absolute Gasteiger partial charge is 0.116 e. The fourth-order valence-electron chi connectivity index (χ4n) is 1.02. The zero-order valence-corrected chi connectivity index (χ0v) is 6.70. The van der Waals surface area contributed by atoms with Crippen LogP contribution in [0.25, 0.3) is 0 Å². The number of phenols is 1. The lowest BCUT2D eigenvalue weighted by molar-refractivity contribution is 0.340. The Hall–Kier alpha value is -1.09. The quantitative estimate of drug-likeness (QED) is 0.714. The van der Waals surface area contributed by atoms with E-state index < -0.39 is 6.17 Å². The molecular weight excluding hydrogens is 157 g/mol. The lowest BCUT2D eigenvalue weighted by Gasteiger charge is -2.04. The SMILES string of the molecule is NCC(F)Cc1cccc(O)c1. The third-order valence-corrected chi connectivity index (χ3v) is 1.62. The van der Waals surface area contributed by atoms with Gasteiger partial charge in [0.1, 0.15) is 11.9 Å². The van der Waals surface area contributed by atoms with Crippen LogP contribution < -0.4 is 5.73 Å². The molecule has 0 aliphatic rings. The summed E-state index contributed by atoms with van der Waals surface area (Å²) in [6.45, 7) is 0.0235. The van der Waals surface area contributed by atoms with Crippen LogP contribution in [-0.4, -0.2) is 17.8 Å². The summed E-state index contributed by atoms with van der Waals surface area (Å²) >= 11 is 0. The molecule has 1 atom stereocenters. The van der Waals surface area contributed by atoms with Crippen molar-refractivity contribution in [2.24, 2.45) is 5.73 Å². The largest absolute Gasteiger partial charge is 0.508 e. The molecule has 3 heteroatoms. The van der Waals surface area contributed by atoms with Crippen molar-refractivity contribution < 1.29 is 9.50 Å². The van der Waals surface area contributed by atoms with E-state index in [1.807, 2.05) is 0 Å². The molecule has 1 aromatic rings. The van der Waals surface area contributed by atoms with Crippen molar-refractivity contribution in [3.8, 4) is 5.75 Å². The summed E-state index contributed by atoms with van der Waals surface area (Å²) in [5.41, 5.74) is 5.89. The predicted molar refractivity (Wildman–Crippen MR) is 45.8 cm³/mol. The van der Waals surface area contributed by atoms with Crippen molar-refractivity contribution in [3.63, 3.8) is 0 Å². The Morgan fingerprint density at radius 3 is 2.83 bits per heavy atom. The van der Waals surface area contributed by atoms with Gasteiger partial charge in [-0.2, -0.15) is 0 Å². The summed E-state index contributed by atoms with van der Waals surface area (Å²) in [6, 6.07) is 6.55. The second kappa shape index (κ2) is 4.07. The fraction of sp³-hybridized carbons (Fsp3) is 0.333. The summed E-state index contributed by atoms with van der Waals surface area (Å²) in [4.78, 5) is 0. The van der Waals surface area contributed by atoms with Crippen LogP contribution in [0.15, 0.2) is 24.3 Å². The third-order valence-electron chi connectivity index (χ3n) is 1.62. The average molecular weight is 169 g/mol. The van der Waals surface area contributed by atoms with E-state index in [9.17, 15) is 4.39 Å². The molecule has 3 N–H and O–H groups in total. The number of rotatable bonds is 3. The van der Waals surface area contributed by atoms with Crippen molar-refractivity contribution in [3.05, 3.63) is 29.8 Å². The van der Waals surface area contributed by atoms with Gasteiger partial charge in [-0.1, -0.05) is 12.1 Å². The molecule has 0 aliphatic heterocycles. The Bertz CT molecular complexity index is 252. The normalized spacial score (nSPS) is 12.8. The maximum absolute atomic E-state index is 12.7. The molecule has 0 heterocycles. The number of phenolic OH excluding ortho intramolecular Hbond substituents is 1. The van der Waals surface area contributed by atoms with Crippen LogP contribution in [0.2, 0.25) is 0 Å². The van der Waals surface area contributed by atoms with Crippen molar-refractivity contribution in [2.45, 2.75) is 12.6 Å². The Kier molecular flexibility index (Phi) is 3.05. The van der Waals surface area contributed by atoms with Gasteiger partial charge in [0.05, 0.1) is 0 Å². The topological polar surface area (TPSA) is 46.2 Å². The molecule has 66 valence electrons. The Labute approximate surface area is 70.8 Å². The van der Waals surface area contributed by atoms with Crippen LogP contribution in [0, 0.1) is 0 Å². The minimum atomic E-state index is -1.02. The second-order valence-corrected chi connectivity index (χ2v) is 2.71. The third kappa shape index (κ3) is 2.51. The first-order valence-corrected chi connectivity index (χ1v) is 3.84. The van der Waals surface area contributed by atoms with Gasteiger partial charge in [0.2, 0.25) is 0 Å². The zero-order valence-electron chi connectivity index (χ0n) is 6.70. The van der Waals surface area contributed by atoms with E-state index in [-0.39, 0.29) is 18.7 Å². The van der Waals surface area contributed by atoms with Crippen LogP contribution in [0.3, 0.4) is 0 Å². The standard InChI is InChI=1S/C9H12FNO/c10-8(6-11)4-7-2-1-3-9(12)5-7/h1-3,5,8,12H,4,6,11H2. The Balaban J connectivity index is 2.63. The summed E-state index contributed by atoms with van der Waals surface area (Å²) in [7, 11) is 0. The zero-order chi connectivity index (χ0) is 8.97. The molecule has 0 amide bonds. The van der Waals surface area contributed by atoms with Crippen molar-refractivity contribution in [2.75, 3.05) is 6.54 Å². The molecule has 12 heavy (non-hydrogen) atoms. The van der Waals surface area contributed by atoms with E-state index in [4.69, 9.17) is 10.8 Å². The Morgan fingerprint density at radius 1 is 1.50 bits per heavy atom. The number of halogens is 1. The number of hydrogen-bond donors (Lipinski definition) is 2. The minimum Gasteiger partial charge on any atom is -0.508 e. The molecule has 0 saturated heterocycles. The molecule has 0 fully saturated rings. The molecule has 2 nitrogen and oxygen atoms in total. The van der Waals surface area contributed by atoms with Gasteiger partial charge in [-0.3, -0.25) is 0 Å². The average Bonchev–Trinajstić information content (AvgIpc) is 2.04. The van der Waals surface area contributed by atoms with Crippen LogP contribution in [0.4, 0.5) is 4.39 Å². The van der Waals surface area contributed by atoms with Crippen LogP contribution in [0.1, 0.15) is 5.56 Å². The van der Waals surface area contributed by atoms with E-state index in [1.54, 1.807) is 24.3 Å². The van der Waals surface area contributed by atoms with Gasteiger partial charge in [0.25, 0.3) is 0 Å². The molecule has 0 aromatic heterocycles. The highest BCUT2D eigenvalue weighted by atomic mass is 19.1. The highest BCUT2D eigenvalue weighted by Gasteiger charge is 2.04. The van der Waals surface area contributed by atoms with Crippen molar-refractivity contribution >= 4 is 0 Å². The van der Waals surface area contributed by atoms with Gasteiger partial charge < -0.3 is 10.8 Å². The molecule has 1 rings (SSSR count). The maximum atomic E-state index is 12.7. The molecule has 0 spiro atoms. The summed E-state index contributed by atoms with van der Waals surface area (Å²) in [6.07, 6.45) is -0.753. The minimum absolute atomic E-state index is 0.0235. The Morgan fingerprint density at radius 2 is 2.25 bits per heavy atom. The first kappa shape index (κ1) is 9.00. The van der Waals surface area contributed by atoms with Crippen LogP contribution in [-0.2, 0) is 6.42 Å². The second-order valence-electron chi connectivity index (χ2n) is 2.71. The molecule has 0 aliphatic carbocycles. The number of nitrogens with two attached hydrogens (primary N) is 1. The predicted octanol–water partition coefficient (Wildman–Crippen LogP) is 1.23. The van der Waals surface area contributed by atoms with Gasteiger partial charge in [-0.15, -0.1) is 0 Å². The number of hydrogen-bond acceptors (Lipinski definition) is 2. The van der Waals surface area contributed by atoms with Crippen molar-refractivity contribution in [1.82, 2.24) is 0 Å². The maximum Gasteiger partial charge on any atom is 0.116 e. The van der Waals surface area contributed by atoms with Gasteiger partial charge in [0.15, 0.2) is 0 Å². The van der Waals surface area contributed by atoms with Gasteiger partial charge in [0, 0.05) is 13.0 Å². The number of benzene rings is 1. The van der Waals surface area contributed by atoms with E-state index in [0.717, 1.165) is 5.56 Å². The summed E-state index contributed by atoms with van der Waals surface area (Å²) in [5.74, 6) is 0.164. The highest BCUT2D eigenvalue weighted by molar-refractivity contribution is 5.27. The monoisotopic (exact) mass is 169 g/mol. The van der Waals surface area contributed by atoms with Gasteiger partial charge in [-0.05, 0) is 17.7 Å². The van der Waals surface area contributed by atoms with E-state index in [0.29, 0.717) is 0 Å². The molecule has 1 aromatic carbocycles. The lowest BCUT2D eigenvalue weighted by atomic mass is 10.1. The molecule has 1 unspecified atom stereocenters. The van der Waals surface area contributed by atoms with Crippen LogP contribution >= 0.6 is 0 Å². The van der Waals surface area contributed by atoms with Crippen LogP contribution in [0.5, 0.6) is 5.75 Å². The van der Waals surface area contributed by atoms with E-state index in [2.05, 4.69) is 0 Å². The number of aromatic hydroxyl groups is 1. The lowest BCUT2D eigenvalue weighted by Crippen LogP contribution is -2.17. The first-order chi connectivity index (χ1) is 5.72. The van der Waals surface area contributed by atoms with E-state index >= 15 is 0 Å². The highest BCUT2D eigenvalue weighted by Crippen LogP contribution is 2.13. The fourth-order valence-corrected chi connectivity index (χ4v) is 1.02. The molecule has 0 bridgehead atoms. The van der Waals surface area contributed by atoms with E-state index in [1.165, 1.54) is 0 Å². The molecule has 0 saturated carbocycles. The summed E-state index contributed by atoms with van der Waals surface area (Å²) < 4.78 is 12.7.